The lowest BCUT2D eigenvalue weighted by molar-refractivity contribution is -0.384. The van der Waals surface area contributed by atoms with E-state index in [9.17, 15) is 10.1 Å². The average molecular weight is 193 g/mol. The quantitative estimate of drug-likeness (QED) is 0.588. The van der Waals surface area contributed by atoms with Crippen molar-refractivity contribution in [2.75, 3.05) is 5.32 Å². The summed E-state index contributed by atoms with van der Waals surface area (Å²) in [6.45, 7) is 0. The van der Waals surface area contributed by atoms with Crippen molar-refractivity contribution in [2.24, 2.45) is 0 Å². The average Bonchev–Trinajstić information content (AvgIpc) is 2.12. The highest BCUT2D eigenvalue weighted by molar-refractivity contribution is 5.55. The molecule has 1 heterocycles. The molecule has 1 aliphatic rings. The molecule has 1 aromatic rings. The lowest BCUT2D eigenvalue weighted by Crippen LogP contribution is -2.27. The van der Waals surface area contributed by atoms with E-state index in [1.54, 1.807) is 12.3 Å². The van der Waals surface area contributed by atoms with Crippen molar-refractivity contribution in [2.45, 2.75) is 25.3 Å². The van der Waals surface area contributed by atoms with Crippen molar-refractivity contribution in [3.63, 3.8) is 0 Å². The molecule has 5 nitrogen and oxygen atoms in total. The SMILES string of the molecule is O=[N+]([O-])c1cccnc1NC1CCC1. The molecule has 0 unspecified atom stereocenters. The van der Waals surface area contributed by atoms with Crippen LogP contribution in [0.3, 0.4) is 0 Å². The second kappa shape index (κ2) is 3.61. The summed E-state index contributed by atoms with van der Waals surface area (Å²) in [7, 11) is 0. The molecule has 0 saturated heterocycles. The monoisotopic (exact) mass is 193 g/mol. The molecule has 0 atom stereocenters. The predicted octanol–water partition coefficient (Wildman–Crippen LogP) is 1.95. The summed E-state index contributed by atoms with van der Waals surface area (Å²) in [4.78, 5) is 14.2. The van der Waals surface area contributed by atoms with E-state index in [-0.39, 0.29) is 5.69 Å². The van der Waals surface area contributed by atoms with Gasteiger partial charge in [-0.2, -0.15) is 0 Å². The molecule has 0 amide bonds. The minimum atomic E-state index is -0.409. The van der Waals surface area contributed by atoms with E-state index in [2.05, 4.69) is 10.3 Å². The Morgan fingerprint density at radius 1 is 1.57 bits per heavy atom. The second-order valence-corrected chi connectivity index (χ2v) is 3.40. The molecule has 0 spiro atoms. The zero-order valence-electron chi connectivity index (χ0n) is 7.64. The first-order chi connectivity index (χ1) is 6.77. The maximum absolute atomic E-state index is 10.6. The number of nitrogens with zero attached hydrogens (tertiary/aromatic N) is 2. The lowest BCUT2D eigenvalue weighted by Gasteiger charge is -2.26. The fraction of sp³-hybridized carbons (Fsp3) is 0.444. The van der Waals surface area contributed by atoms with E-state index in [1.807, 2.05) is 0 Å². The molecule has 74 valence electrons. The molecule has 0 radical (unpaired) electrons. The molecule has 2 rings (SSSR count). The highest BCUT2D eigenvalue weighted by atomic mass is 16.6. The van der Waals surface area contributed by atoms with Crippen LogP contribution in [0.15, 0.2) is 18.3 Å². The third kappa shape index (κ3) is 1.66. The fourth-order valence-corrected chi connectivity index (χ4v) is 1.40. The summed E-state index contributed by atoms with van der Waals surface area (Å²) in [6, 6.07) is 3.40. The molecule has 1 aromatic heterocycles. The van der Waals surface area contributed by atoms with Crippen LogP contribution < -0.4 is 5.32 Å². The molecular weight excluding hydrogens is 182 g/mol. The Bertz CT molecular complexity index is 350. The van der Waals surface area contributed by atoms with Gasteiger partial charge >= 0.3 is 5.69 Å². The van der Waals surface area contributed by atoms with Gasteiger partial charge in [-0.3, -0.25) is 10.1 Å². The van der Waals surface area contributed by atoms with Crippen molar-refractivity contribution < 1.29 is 4.92 Å². The smallest absolute Gasteiger partial charge is 0.311 e. The van der Waals surface area contributed by atoms with E-state index in [4.69, 9.17) is 0 Å². The van der Waals surface area contributed by atoms with Crippen LogP contribution in [0.1, 0.15) is 19.3 Å². The van der Waals surface area contributed by atoms with Gasteiger partial charge in [-0.15, -0.1) is 0 Å². The van der Waals surface area contributed by atoms with Gasteiger partial charge in [0, 0.05) is 18.3 Å². The van der Waals surface area contributed by atoms with Crippen LogP contribution in [-0.2, 0) is 0 Å². The number of nitrogens with one attached hydrogen (secondary N) is 1. The summed E-state index contributed by atoms with van der Waals surface area (Å²) in [5, 5.41) is 13.7. The van der Waals surface area contributed by atoms with Gasteiger partial charge in [-0.05, 0) is 25.3 Å². The van der Waals surface area contributed by atoms with Crippen molar-refractivity contribution in [1.82, 2.24) is 4.98 Å². The van der Waals surface area contributed by atoms with E-state index in [0.717, 1.165) is 12.8 Å². The van der Waals surface area contributed by atoms with Crippen molar-refractivity contribution >= 4 is 11.5 Å². The first-order valence-electron chi connectivity index (χ1n) is 4.63. The van der Waals surface area contributed by atoms with Gasteiger partial charge in [0.25, 0.3) is 0 Å². The van der Waals surface area contributed by atoms with Gasteiger partial charge in [0.1, 0.15) is 0 Å². The molecule has 1 aliphatic carbocycles. The summed E-state index contributed by atoms with van der Waals surface area (Å²) in [5.41, 5.74) is 0.0550. The van der Waals surface area contributed by atoms with E-state index in [1.165, 1.54) is 12.5 Å². The maximum Gasteiger partial charge on any atom is 0.311 e. The lowest BCUT2D eigenvalue weighted by atomic mass is 9.93. The zero-order chi connectivity index (χ0) is 9.97. The first-order valence-corrected chi connectivity index (χ1v) is 4.63. The minimum Gasteiger partial charge on any atom is -0.362 e. The highest BCUT2D eigenvalue weighted by Crippen LogP contribution is 2.27. The van der Waals surface area contributed by atoms with E-state index >= 15 is 0 Å². The maximum atomic E-state index is 10.6. The van der Waals surface area contributed by atoms with Crippen molar-refractivity contribution in [3.05, 3.63) is 28.4 Å². The number of nitro groups is 1. The minimum absolute atomic E-state index is 0.0550. The van der Waals surface area contributed by atoms with Gasteiger partial charge in [0.2, 0.25) is 5.82 Å². The van der Waals surface area contributed by atoms with Gasteiger partial charge < -0.3 is 5.32 Å². The Kier molecular flexibility index (Phi) is 2.30. The van der Waals surface area contributed by atoms with Crippen LogP contribution in [0.4, 0.5) is 11.5 Å². The van der Waals surface area contributed by atoms with Gasteiger partial charge in [-0.25, -0.2) is 4.98 Å². The number of hydrogen-bond acceptors (Lipinski definition) is 4. The molecular formula is C9H11N3O2. The summed E-state index contributed by atoms with van der Waals surface area (Å²) < 4.78 is 0. The van der Waals surface area contributed by atoms with Crippen molar-refractivity contribution in [3.8, 4) is 0 Å². The van der Waals surface area contributed by atoms with Gasteiger partial charge in [-0.1, -0.05) is 0 Å². The number of anilines is 1. The molecule has 14 heavy (non-hydrogen) atoms. The van der Waals surface area contributed by atoms with Crippen LogP contribution in [0.25, 0.3) is 0 Å². The summed E-state index contributed by atoms with van der Waals surface area (Å²) in [6.07, 6.45) is 4.91. The molecule has 1 saturated carbocycles. The number of aromatic nitrogens is 1. The standard InChI is InChI=1S/C9H11N3O2/c13-12(14)8-5-2-6-10-9(8)11-7-3-1-4-7/h2,5-7H,1,3-4H2,(H,10,11). The third-order valence-corrected chi connectivity index (χ3v) is 2.43. The Morgan fingerprint density at radius 2 is 2.36 bits per heavy atom. The highest BCUT2D eigenvalue weighted by Gasteiger charge is 2.21. The zero-order valence-corrected chi connectivity index (χ0v) is 7.64. The molecule has 5 heteroatoms. The van der Waals surface area contributed by atoms with Crippen molar-refractivity contribution in [1.29, 1.82) is 0 Å². The first kappa shape index (κ1) is 8.93. The van der Waals surface area contributed by atoms with Gasteiger partial charge in [0.15, 0.2) is 0 Å². The number of pyridine rings is 1. The van der Waals surface area contributed by atoms with E-state index in [0.29, 0.717) is 11.9 Å². The van der Waals surface area contributed by atoms with Crippen LogP contribution in [0.2, 0.25) is 0 Å². The largest absolute Gasteiger partial charge is 0.362 e. The van der Waals surface area contributed by atoms with Crippen LogP contribution in [-0.4, -0.2) is 15.9 Å². The summed E-state index contributed by atoms with van der Waals surface area (Å²) >= 11 is 0. The van der Waals surface area contributed by atoms with Crippen LogP contribution >= 0.6 is 0 Å². The molecule has 0 aromatic carbocycles. The predicted molar refractivity (Wildman–Crippen MR) is 52.2 cm³/mol. The number of hydrogen-bond donors (Lipinski definition) is 1. The third-order valence-electron chi connectivity index (χ3n) is 2.43. The second-order valence-electron chi connectivity index (χ2n) is 3.40. The van der Waals surface area contributed by atoms with Crippen LogP contribution in [0, 0.1) is 10.1 Å². The molecule has 1 N–H and O–H groups in total. The van der Waals surface area contributed by atoms with E-state index < -0.39 is 4.92 Å². The Labute approximate surface area is 81.3 Å². The topological polar surface area (TPSA) is 68.1 Å². The van der Waals surface area contributed by atoms with Crippen LogP contribution in [0.5, 0.6) is 0 Å². The van der Waals surface area contributed by atoms with Gasteiger partial charge in [0.05, 0.1) is 4.92 Å². The molecule has 0 bridgehead atoms. The Morgan fingerprint density at radius 3 is 2.93 bits per heavy atom. The molecule has 1 fully saturated rings. The Balaban J connectivity index is 2.17. The summed E-state index contributed by atoms with van der Waals surface area (Å²) in [5.74, 6) is 0.391. The fourth-order valence-electron chi connectivity index (χ4n) is 1.40. The number of rotatable bonds is 3. The Hall–Kier alpha value is -1.65. The normalized spacial score (nSPS) is 16.0. The molecule has 0 aliphatic heterocycles.